The molecule has 3 rings (SSSR count). The molecule has 4 nitrogen and oxygen atoms in total. The topological polar surface area (TPSA) is 35.1 Å². The highest BCUT2D eigenvalue weighted by Gasteiger charge is 2.12. The normalized spacial score (nSPS) is 11.3. The van der Waals surface area contributed by atoms with Gasteiger partial charge in [-0.1, -0.05) is 15.9 Å². The number of imidazole rings is 2. The van der Waals surface area contributed by atoms with Crippen LogP contribution < -0.4 is 0 Å². The highest BCUT2D eigenvalue weighted by atomic mass is 79.9. The summed E-state index contributed by atoms with van der Waals surface area (Å²) in [4.78, 5) is 9.60. The van der Waals surface area contributed by atoms with Gasteiger partial charge in [-0.25, -0.2) is 9.97 Å². The molecule has 0 amide bonds. The van der Waals surface area contributed by atoms with E-state index >= 15 is 0 Å². The van der Waals surface area contributed by atoms with Crippen molar-refractivity contribution in [3.8, 4) is 5.82 Å². The molecule has 0 radical (unpaired) electrons. The van der Waals surface area contributed by atoms with Gasteiger partial charge < -0.3 is 0 Å². The second-order valence-electron chi connectivity index (χ2n) is 3.04. The van der Waals surface area contributed by atoms with Crippen LogP contribution in [0.5, 0.6) is 0 Å². The number of hydrogen-bond donors (Lipinski definition) is 0. The minimum Gasteiger partial charge on any atom is -0.292 e. The van der Waals surface area contributed by atoms with Crippen molar-refractivity contribution in [3.63, 3.8) is 0 Å². The lowest BCUT2D eigenvalue weighted by Crippen LogP contribution is -1.96. The van der Waals surface area contributed by atoms with Crippen molar-refractivity contribution in [2.45, 2.75) is 5.33 Å². The van der Waals surface area contributed by atoms with Gasteiger partial charge in [0, 0.05) is 29.3 Å². The minimum atomic E-state index is 0.776. The summed E-state index contributed by atoms with van der Waals surface area (Å²) in [5, 5.41) is 2.81. The van der Waals surface area contributed by atoms with E-state index in [0.717, 1.165) is 21.8 Å². The lowest BCUT2D eigenvalue weighted by Gasteiger charge is -1.99. The molecule has 3 aromatic heterocycles. The fourth-order valence-electron chi connectivity index (χ4n) is 1.54. The van der Waals surface area contributed by atoms with Crippen molar-refractivity contribution in [2.75, 3.05) is 0 Å². The maximum absolute atomic E-state index is 4.56. The average molecular weight is 283 g/mol. The van der Waals surface area contributed by atoms with Crippen molar-refractivity contribution in [1.29, 1.82) is 0 Å². The van der Waals surface area contributed by atoms with Crippen LogP contribution in [0.1, 0.15) is 5.69 Å². The van der Waals surface area contributed by atoms with Crippen molar-refractivity contribution < 1.29 is 0 Å². The van der Waals surface area contributed by atoms with Gasteiger partial charge in [0.25, 0.3) is 0 Å². The molecule has 0 bridgehead atoms. The third-order valence-electron chi connectivity index (χ3n) is 2.22. The molecule has 6 heteroatoms. The number of halogens is 1. The Kier molecular flexibility index (Phi) is 2.10. The molecule has 15 heavy (non-hydrogen) atoms. The predicted octanol–water partition coefficient (Wildman–Crippen LogP) is 2.48. The zero-order chi connectivity index (χ0) is 10.3. The second-order valence-corrected chi connectivity index (χ2v) is 4.48. The van der Waals surface area contributed by atoms with E-state index in [4.69, 9.17) is 0 Å². The van der Waals surface area contributed by atoms with Crippen LogP contribution in [0.25, 0.3) is 10.8 Å². The molecule has 0 aliphatic heterocycles. The first-order valence-corrected chi connectivity index (χ1v) is 6.39. The maximum Gasteiger partial charge on any atom is 0.195 e. The van der Waals surface area contributed by atoms with Gasteiger partial charge in [0.2, 0.25) is 0 Å². The summed E-state index contributed by atoms with van der Waals surface area (Å²) in [6, 6.07) is 0. The molecule has 0 N–H and O–H groups in total. The lowest BCUT2D eigenvalue weighted by molar-refractivity contribution is 0.983. The number of nitrogens with zero attached hydrogens (tertiary/aromatic N) is 4. The summed E-state index contributed by atoms with van der Waals surface area (Å²) < 4.78 is 4.02. The lowest BCUT2D eigenvalue weighted by atomic mass is 10.5. The van der Waals surface area contributed by atoms with E-state index in [1.165, 1.54) is 0 Å². The number of alkyl halides is 1. The van der Waals surface area contributed by atoms with Crippen LogP contribution in [0, 0.1) is 0 Å². The fraction of sp³-hybridized carbons (Fsp3) is 0.111. The quantitative estimate of drug-likeness (QED) is 0.677. The van der Waals surface area contributed by atoms with Gasteiger partial charge in [0.15, 0.2) is 10.8 Å². The number of rotatable bonds is 2. The Hall–Kier alpha value is -1.14. The molecule has 0 atom stereocenters. The fourth-order valence-corrected chi connectivity index (χ4v) is 2.79. The highest BCUT2D eigenvalue weighted by molar-refractivity contribution is 9.08. The smallest absolute Gasteiger partial charge is 0.195 e. The van der Waals surface area contributed by atoms with Crippen LogP contribution in [-0.4, -0.2) is 18.9 Å². The molecule has 3 aromatic rings. The molecule has 0 aliphatic rings. The van der Waals surface area contributed by atoms with Crippen molar-refractivity contribution in [1.82, 2.24) is 18.9 Å². The van der Waals surface area contributed by atoms with Crippen LogP contribution in [0.15, 0.2) is 30.3 Å². The number of fused-ring (bicyclic) bond motifs is 1. The van der Waals surface area contributed by atoms with E-state index in [2.05, 4.69) is 30.3 Å². The highest BCUT2D eigenvalue weighted by Crippen LogP contribution is 2.22. The summed E-state index contributed by atoms with van der Waals surface area (Å²) in [7, 11) is 0. The Morgan fingerprint density at radius 1 is 1.40 bits per heavy atom. The summed E-state index contributed by atoms with van der Waals surface area (Å²) in [5.74, 6) is 0.941. The summed E-state index contributed by atoms with van der Waals surface area (Å²) >= 11 is 5.12. The van der Waals surface area contributed by atoms with E-state index in [0.29, 0.717) is 0 Å². The van der Waals surface area contributed by atoms with Gasteiger partial charge in [-0.05, 0) is 0 Å². The molecular weight excluding hydrogens is 276 g/mol. The van der Waals surface area contributed by atoms with Crippen molar-refractivity contribution in [3.05, 3.63) is 36.0 Å². The maximum atomic E-state index is 4.56. The summed E-state index contributed by atoms with van der Waals surface area (Å²) in [6.07, 6.45) is 7.45. The molecule has 0 saturated carbocycles. The standard InChI is InChI=1S/C9H7BrN4S/c10-5-7-8(13-2-1-11-6-13)12-9-14(7)3-4-15-9/h1-4,6H,5H2. The van der Waals surface area contributed by atoms with Crippen LogP contribution >= 0.6 is 27.3 Å². The largest absolute Gasteiger partial charge is 0.292 e. The van der Waals surface area contributed by atoms with Gasteiger partial charge in [-0.3, -0.25) is 8.97 Å². The van der Waals surface area contributed by atoms with Gasteiger partial charge >= 0.3 is 0 Å². The molecule has 0 unspecified atom stereocenters. The third-order valence-corrected chi connectivity index (χ3v) is 3.50. The Bertz CT molecular complexity index is 580. The van der Waals surface area contributed by atoms with Crippen LogP contribution in [0.4, 0.5) is 0 Å². The predicted molar refractivity (Wildman–Crippen MR) is 62.8 cm³/mol. The van der Waals surface area contributed by atoms with Crippen molar-refractivity contribution >= 4 is 32.2 Å². The van der Waals surface area contributed by atoms with Gasteiger partial charge in [-0.15, -0.1) is 11.3 Å². The Morgan fingerprint density at radius 3 is 3.07 bits per heavy atom. The number of thiazole rings is 1. The van der Waals surface area contributed by atoms with E-state index < -0.39 is 0 Å². The monoisotopic (exact) mass is 282 g/mol. The number of hydrogen-bond acceptors (Lipinski definition) is 3. The zero-order valence-electron chi connectivity index (χ0n) is 7.67. The molecule has 0 spiro atoms. The average Bonchev–Trinajstić information content (AvgIpc) is 2.93. The van der Waals surface area contributed by atoms with Gasteiger partial charge in [-0.2, -0.15) is 0 Å². The number of aromatic nitrogens is 4. The third kappa shape index (κ3) is 1.32. The Labute approximate surface area is 98.3 Å². The van der Waals surface area contributed by atoms with E-state index in [1.54, 1.807) is 23.9 Å². The van der Waals surface area contributed by atoms with E-state index in [9.17, 15) is 0 Å². The van der Waals surface area contributed by atoms with Gasteiger partial charge in [0.1, 0.15) is 6.33 Å². The minimum absolute atomic E-state index is 0.776. The van der Waals surface area contributed by atoms with Gasteiger partial charge in [0.05, 0.1) is 5.69 Å². The first-order valence-electron chi connectivity index (χ1n) is 4.39. The molecule has 3 heterocycles. The van der Waals surface area contributed by atoms with E-state index in [-0.39, 0.29) is 0 Å². The Morgan fingerprint density at radius 2 is 2.33 bits per heavy atom. The summed E-state index contributed by atoms with van der Waals surface area (Å²) in [6.45, 7) is 0. The second kappa shape index (κ2) is 3.46. The van der Waals surface area contributed by atoms with Crippen molar-refractivity contribution in [2.24, 2.45) is 0 Å². The molecular formula is C9H7BrN4S. The first-order chi connectivity index (χ1) is 7.40. The molecule has 76 valence electrons. The molecule has 0 saturated heterocycles. The van der Waals surface area contributed by atoms with Crippen LogP contribution in [-0.2, 0) is 5.33 Å². The van der Waals surface area contributed by atoms with E-state index in [1.807, 2.05) is 22.3 Å². The molecule has 0 aliphatic carbocycles. The summed E-state index contributed by atoms with van der Waals surface area (Å²) in [5.41, 5.74) is 1.14. The Balaban J connectivity index is 2.30. The van der Waals surface area contributed by atoms with Crippen LogP contribution in [0.2, 0.25) is 0 Å². The molecule has 0 aromatic carbocycles. The zero-order valence-corrected chi connectivity index (χ0v) is 10.1. The van der Waals surface area contributed by atoms with Crippen LogP contribution in [0.3, 0.4) is 0 Å². The first kappa shape index (κ1) is 9.11. The SMILES string of the molecule is BrCc1c(-n2ccnc2)nc2sccn12. The molecule has 0 fully saturated rings.